The van der Waals surface area contributed by atoms with E-state index >= 15 is 0 Å². The van der Waals surface area contributed by atoms with E-state index in [0.29, 0.717) is 11.3 Å². The summed E-state index contributed by atoms with van der Waals surface area (Å²) in [6.07, 6.45) is 0. The van der Waals surface area contributed by atoms with Crippen LogP contribution in [0, 0.1) is 12.7 Å². The Balaban J connectivity index is 2.32. The van der Waals surface area contributed by atoms with Crippen LogP contribution < -0.4 is 9.46 Å². The molecule has 0 amide bonds. The Morgan fingerprint density at radius 3 is 2.50 bits per heavy atom. The molecule has 118 valence electrons. The molecule has 0 fully saturated rings. The van der Waals surface area contributed by atoms with Gasteiger partial charge in [-0.15, -0.1) is 0 Å². The molecule has 2 aromatic rings. The maximum atomic E-state index is 13.1. The van der Waals surface area contributed by atoms with Crippen molar-refractivity contribution in [1.29, 1.82) is 0 Å². The van der Waals surface area contributed by atoms with Crippen molar-refractivity contribution in [3.63, 3.8) is 0 Å². The second-order valence-electron chi connectivity index (χ2n) is 4.99. The van der Waals surface area contributed by atoms with E-state index in [1.165, 1.54) is 19.2 Å². The van der Waals surface area contributed by atoms with Gasteiger partial charge in [0.1, 0.15) is 11.6 Å². The number of aryl methyl sites for hydroxylation is 1. The lowest BCUT2D eigenvalue weighted by molar-refractivity contribution is 0.405. The molecule has 4 nitrogen and oxygen atoms in total. The van der Waals surface area contributed by atoms with Gasteiger partial charge < -0.3 is 4.74 Å². The average Bonchev–Trinajstić information content (AvgIpc) is 2.46. The predicted molar refractivity (Wildman–Crippen MR) is 82.9 cm³/mol. The molecule has 1 atom stereocenters. The number of nitrogens with one attached hydrogen (secondary N) is 1. The van der Waals surface area contributed by atoms with Gasteiger partial charge in [-0.2, -0.15) is 0 Å². The van der Waals surface area contributed by atoms with Crippen molar-refractivity contribution in [2.24, 2.45) is 0 Å². The Hall–Kier alpha value is -1.92. The zero-order valence-corrected chi connectivity index (χ0v) is 13.4. The third-order valence-electron chi connectivity index (χ3n) is 3.36. The van der Waals surface area contributed by atoms with Gasteiger partial charge in [0.2, 0.25) is 10.0 Å². The van der Waals surface area contributed by atoms with Gasteiger partial charge in [-0.25, -0.2) is 17.5 Å². The van der Waals surface area contributed by atoms with E-state index in [4.69, 9.17) is 4.74 Å². The largest absolute Gasteiger partial charge is 0.496 e. The van der Waals surface area contributed by atoms with Crippen LogP contribution in [0.2, 0.25) is 0 Å². The Morgan fingerprint density at radius 2 is 1.86 bits per heavy atom. The maximum absolute atomic E-state index is 13.1. The van der Waals surface area contributed by atoms with Gasteiger partial charge in [-0.1, -0.05) is 18.2 Å². The number of halogens is 1. The van der Waals surface area contributed by atoms with Crippen LogP contribution in [0.4, 0.5) is 4.39 Å². The third kappa shape index (κ3) is 3.45. The molecule has 22 heavy (non-hydrogen) atoms. The van der Waals surface area contributed by atoms with E-state index in [1.54, 1.807) is 26.0 Å². The normalized spacial score (nSPS) is 12.9. The molecule has 0 aliphatic rings. The van der Waals surface area contributed by atoms with E-state index in [2.05, 4.69) is 4.72 Å². The summed E-state index contributed by atoms with van der Waals surface area (Å²) in [5.41, 5.74) is 1.09. The lowest BCUT2D eigenvalue weighted by Gasteiger charge is -2.18. The van der Waals surface area contributed by atoms with Crippen LogP contribution in [0.3, 0.4) is 0 Å². The number of ether oxygens (including phenoxy) is 1. The summed E-state index contributed by atoms with van der Waals surface area (Å²) in [4.78, 5) is 0.0654. The summed E-state index contributed by atoms with van der Waals surface area (Å²) in [7, 11) is -2.22. The summed E-state index contributed by atoms with van der Waals surface area (Å²) in [5.74, 6) is 0.141. The topological polar surface area (TPSA) is 55.4 Å². The van der Waals surface area contributed by atoms with Gasteiger partial charge in [0.25, 0.3) is 0 Å². The molecule has 0 aliphatic carbocycles. The maximum Gasteiger partial charge on any atom is 0.241 e. The highest BCUT2D eigenvalue weighted by atomic mass is 32.2. The van der Waals surface area contributed by atoms with Crippen molar-refractivity contribution >= 4 is 10.0 Å². The Kier molecular flexibility index (Phi) is 4.83. The van der Waals surface area contributed by atoms with Crippen LogP contribution in [0.5, 0.6) is 5.75 Å². The first kappa shape index (κ1) is 16.5. The van der Waals surface area contributed by atoms with E-state index in [0.717, 1.165) is 11.6 Å². The van der Waals surface area contributed by atoms with Crippen molar-refractivity contribution in [2.45, 2.75) is 24.8 Å². The minimum absolute atomic E-state index is 0.0654. The molecule has 0 saturated carbocycles. The fourth-order valence-electron chi connectivity index (χ4n) is 2.30. The second kappa shape index (κ2) is 6.46. The molecule has 2 aromatic carbocycles. The van der Waals surface area contributed by atoms with Crippen molar-refractivity contribution in [3.8, 4) is 5.75 Å². The lowest BCUT2D eigenvalue weighted by atomic mass is 10.1. The first-order valence-electron chi connectivity index (χ1n) is 6.76. The minimum Gasteiger partial charge on any atom is -0.496 e. The molecule has 0 saturated heterocycles. The highest BCUT2D eigenvalue weighted by Gasteiger charge is 2.22. The molecular weight excluding hydrogens is 305 g/mol. The summed E-state index contributed by atoms with van der Waals surface area (Å²) < 4.78 is 45.9. The van der Waals surface area contributed by atoms with Gasteiger partial charge in [-0.3, -0.25) is 0 Å². The van der Waals surface area contributed by atoms with Crippen LogP contribution in [-0.4, -0.2) is 15.5 Å². The average molecular weight is 323 g/mol. The fraction of sp³-hybridized carbons (Fsp3) is 0.250. The summed E-state index contributed by atoms with van der Waals surface area (Å²) in [6.45, 7) is 3.29. The number of methoxy groups -OCH3 is 1. The van der Waals surface area contributed by atoms with Crippen LogP contribution in [0.15, 0.2) is 47.4 Å². The van der Waals surface area contributed by atoms with Crippen molar-refractivity contribution in [2.75, 3.05) is 7.11 Å². The predicted octanol–water partition coefficient (Wildman–Crippen LogP) is 3.18. The van der Waals surface area contributed by atoms with E-state index in [1.807, 2.05) is 12.1 Å². The summed E-state index contributed by atoms with van der Waals surface area (Å²) in [6, 6.07) is 10.3. The molecule has 0 aliphatic heterocycles. The quantitative estimate of drug-likeness (QED) is 0.919. The number of para-hydroxylation sites is 1. The molecular formula is C16H18FNO3S. The minimum atomic E-state index is -3.75. The monoisotopic (exact) mass is 323 g/mol. The second-order valence-corrected chi connectivity index (χ2v) is 6.68. The standard InChI is InChI=1S/C16H18FNO3S/c1-11-10-13(17)8-9-16(11)22(19,20)18-12(2)14-6-4-5-7-15(14)21-3/h4-10,12,18H,1-3H3. The highest BCUT2D eigenvalue weighted by Crippen LogP contribution is 2.26. The third-order valence-corrected chi connectivity index (χ3v) is 5.06. The Morgan fingerprint density at radius 1 is 1.18 bits per heavy atom. The first-order valence-corrected chi connectivity index (χ1v) is 8.25. The smallest absolute Gasteiger partial charge is 0.241 e. The zero-order valence-electron chi connectivity index (χ0n) is 12.6. The summed E-state index contributed by atoms with van der Waals surface area (Å²) in [5, 5.41) is 0. The molecule has 0 heterocycles. The number of sulfonamides is 1. The van der Waals surface area contributed by atoms with E-state index < -0.39 is 21.9 Å². The van der Waals surface area contributed by atoms with Gasteiger partial charge >= 0.3 is 0 Å². The van der Waals surface area contributed by atoms with E-state index in [9.17, 15) is 12.8 Å². The van der Waals surface area contributed by atoms with Crippen LogP contribution in [-0.2, 0) is 10.0 Å². The molecule has 1 unspecified atom stereocenters. The number of rotatable bonds is 5. The van der Waals surface area contributed by atoms with Crippen LogP contribution >= 0.6 is 0 Å². The van der Waals surface area contributed by atoms with Crippen LogP contribution in [0.1, 0.15) is 24.1 Å². The molecule has 0 radical (unpaired) electrons. The van der Waals surface area contributed by atoms with Gasteiger partial charge in [0.15, 0.2) is 0 Å². The van der Waals surface area contributed by atoms with Crippen molar-refractivity contribution < 1.29 is 17.5 Å². The van der Waals surface area contributed by atoms with Crippen molar-refractivity contribution in [1.82, 2.24) is 4.72 Å². The molecule has 0 aromatic heterocycles. The van der Waals surface area contributed by atoms with Crippen LogP contribution in [0.25, 0.3) is 0 Å². The van der Waals surface area contributed by atoms with Gasteiger partial charge in [0.05, 0.1) is 12.0 Å². The van der Waals surface area contributed by atoms with E-state index in [-0.39, 0.29) is 4.90 Å². The van der Waals surface area contributed by atoms with Crippen molar-refractivity contribution in [3.05, 3.63) is 59.4 Å². The summed E-state index contributed by atoms with van der Waals surface area (Å²) >= 11 is 0. The Bertz CT molecular complexity index is 775. The molecule has 0 spiro atoms. The van der Waals surface area contributed by atoms with Gasteiger partial charge in [-0.05, 0) is 43.7 Å². The number of benzene rings is 2. The fourth-order valence-corrected chi connectivity index (χ4v) is 3.75. The number of hydrogen-bond acceptors (Lipinski definition) is 3. The molecule has 1 N–H and O–H groups in total. The first-order chi connectivity index (χ1) is 10.3. The van der Waals surface area contributed by atoms with Gasteiger partial charge in [0, 0.05) is 11.6 Å². The molecule has 0 bridgehead atoms. The molecule has 6 heteroatoms. The zero-order chi connectivity index (χ0) is 16.3. The SMILES string of the molecule is COc1ccccc1C(C)NS(=O)(=O)c1ccc(F)cc1C. The Labute approximate surface area is 130 Å². The highest BCUT2D eigenvalue weighted by molar-refractivity contribution is 7.89. The lowest BCUT2D eigenvalue weighted by Crippen LogP contribution is -2.27. The molecule has 2 rings (SSSR count). The number of hydrogen-bond donors (Lipinski definition) is 1.